The molecule has 1 fully saturated rings. The lowest BCUT2D eigenvalue weighted by molar-refractivity contribution is 0.0187. The molecule has 1 atom stereocenters. The fraction of sp³-hybridized carbons (Fsp3) is 0.667. The smallest absolute Gasteiger partial charge is 0.410 e. The Labute approximate surface area is 125 Å². The fourth-order valence-electron chi connectivity index (χ4n) is 2.31. The molecule has 1 aliphatic rings. The van der Waals surface area contributed by atoms with Gasteiger partial charge in [0.05, 0.1) is 5.69 Å². The first-order valence-corrected chi connectivity index (χ1v) is 7.40. The third kappa shape index (κ3) is 5.30. The van der Waals surface area contributed by atoms with Gasteiger partial charge in [-0.2, -0.15) is 0 Å². The number of piperidine rings is 1. The van der Waals surface area contributed by atoms with E-state index in [1.54, 1.807) is 23.5 Å². The maximum absolute atomic E-state index is 12.1. The predicted octanol–water partition coefficient (Wildman–Crippen LogP) is 1.97. The van der Waals surface area contributed by atoms with Crippen molar-refractivity contribution in [2.75, 3.05) is 13.1 Å². The largest absolute Gasteiger partial charge is 0.444 e. The minimum atomic E-state index is -0.447. The summed E-state index contributed by atoms with van der Waals surface area (Å²) in [6, 6.07) is 0.272. The van der Waals surface area contributed by atoms with Crippen molar-refractivity contribution < 1.29 is 9.53 Å². The summed E-state index contributed by atoms with van der Waals surface area (Å²) in [5.41, 5.74) is 0.462. The molecule has 21 heavy (non-hydrogen) atoms. The van der Waals surface area contributed by atoms with Crippen molar-refractivity contribution >= 4 is 6.09 Å². The summed E-state index contributed by atoms with van der Waals surface area (Å²) < 4.78 is 5.43. The van der Waals surface area contributed by atoms with E-state index in [4.69, 9.17) is 4.74 Å². The van der Waals surface area contributed by atoms with Crippen LogP contribution in [0.2, 0.25) is 0 Å². The molecule has 1 saturated heterocycles. The van der Waals surface area contributed by atoms with Gasteiger partial charge in [-0.15, -0.1) is 0 Å². The van der Waals surface area contributed by atoms with Crippen LogP contribution in [0.3, 0.4) is 0 Å². The Bertz CT molecular complexity index is 458. The van der Waals surface area contributed by atoms with Gasteiger partial charge in [-0.25, -0.2) is 4.79 Å². The zero-order valence-electron chi connectivity index (χ0n) is 13.0. The molecule has 1 N–H and O–H groups in total. The van der Waals surface area contributed by atoms with Gasteiger partial charge in [0.2, 0.25) is 0 Å². The van der Waals surface area contributed by atoms with Crippen LogP contribution >= 0.6 is 0 Å². The van der Waals surface area contributed by atoms with Crippen LogP contribution in [0.4, 0.5) is 4.79 Å². The second kappa shape index (κ2) is 6.85. The molecular weight excluding hydrogens is 268 g/mol. The van der Waals surface area contributed by atoms with Crippen molar-refractivity contribution in [3.63, 3.8) is 0 Å². The van der Waals surface area contributed by atoms with Crippen molar-refractivity contribution in [1.29, 1.82) is 0 Å². The number of nitrogens with zero attached hydrogens (tertiary/aromatic N) is 3. The Morgan fingerprint density at radius 3 is 2.95 bits per heavy atom. The van der Waals surface area contributed by atoms with Gasteiger partial charge in [-0.05, 0) is 33.6 Å². The topological polar surface area (TPSA) is 67.3 Å². The Kier molecular flexibility index (Phi) is 5.12. The number of carbonyl (C=O) groups is 1. The molecule has 1 unspecified atom stereocenters. The predicted molar refractivity (Wildman–Crippen MR) is 79.7 cm³/mol. The number of amides is 1. The first-order valence-electron chi connectivity index (χ1n) is 7.40. The number of ether oxygens (including phenoxy) is 1. The minimum absolute atomic E-state index is 0.228. The molecule has 1 aromatic heterocycles. The Morgan fingerprint density at radius 2 is 2.29 bits per heavy atom. The molecule has 0 radical (unpaired) electrons. The molecular formula is C15H24N4O2. The number of aromatic nitrogens is 2. The van der Waals surface area contributed by atoms with Crippen molar-refractivity contribution in [2.45, 2.75) is 51.8 Å². The Morgan fingerprint density at radius 1 is 1.48 bits per heavy atom. The number of carbonyl (C=O) groups excluding carboxylic acids is 1. The van der Waals surface area contributed by atoms with Crippen LogP contribution in [0.15, 0.2) is 18.6 Å². The highest BCUT2D eigenvalue weighted by molar-refractivity contribution is 5.68. The van der Waals surface area contributed by atoms with Crippen LogP contribution in [0.5, 0.6) is 0 Å². The van der Waals surface area contributed by atoms with Gasteiger partial charge in [0.1, 0.15) is 5.60 Å². The minimum Gasteiger partial charge on any atom is -0.444 e. The van der Waals surface area contributed by atoms with Crippen LogP contribution < -0.4 is 5.32 Å². The van der Waals surface area contributed by atoms with E-state index < -0.39 is 5.60 Å². The summed E-state index contributed by atoms with van der Waals surface area (Å²) in [5, 5.41) is 3.43. The zero-order chi connectivity index (χ0) is 15.3. The average Bonchev–Trinajstić information content (AvgIpc) is 2.45. The number of hydrogen-bond donors (Lipinski definition) is 1. The molecule has 6 nitrogen and oxygen atoms in total. The van der Waals surface area contributed by atoms with Gasteiger partial charge >= 0.3 is 6.09 Å². The molecule has 2 heterocycles. The van der Waals surface area contributed by atoms with Crippen LogP contribution in [0, 0.1) is 0 Å². The van der Waals surface area contributed by atoms with E-state index in [1.807, 2.05) is 20.8 Å². The van der Waals surface area contributed by atoms with Gasteiger partial charge in [0.25, 0.3) is 0 Å². The van der Waals surface area contributed by atoms with Crippen molar-refractivity contribution in [3.05, 3.63) is 24.3 Å². The number of rotatable bonds is 3. The highest BCUT2D eigenvalue weighted by Gasteiger charge is 2.27. The standard InChI is InChI=1S/C15H24N4O2/c1-15(2,3)21-14(20)19-8-4-5-12(11-19)18-10-13-9-16-6-7-17-13/h6-7,9,12,18H,4-5,8,10-11H2,1-3H3. The van der Waals surface area contributed by atoms with Crippen molar-refractivity contribution in [3.8, 4) is 0 Å². The van der Waals surface area contributed by atoms with E-state index in [2.05, 4.69) is 15.3 Å². The highest BCUT2D eigenvalue weighted by atomic mass is 16.6. The third-order valence-corrected chi connectivity index (χ3v) is 3.26. The second-order valence-corrected chi connectivity index (χ2v) is 6.34. The molecule has 2 rings (SSSR count). The van der Waals surface area contributed by atoms with Gasteiger partial charge < -0.3 is 15.0 Å². The van der Waals surface area contributed by atoms with E-state index in [-0.39, 0.29) is 12.1 Å². The fourth-order valence-corrected chi connectivity index (χ4v) is 2.31. The van der Waals surface area contributed by atoms with Crippen molar-refractivity contribution in [2.24, 2.45) is 0 Å². The lowest BCUT2D eigenvalue weighted by Gasteiger charge is -2.34. The number of hydrogen-bond acceptors (Lipinski definition) is 5. The van der Waals surface area contributed by atoms with Gasteiger partial charge in [-0.1, -0.05) is 0 Å². The number of likely N-dealkylation sites (tertiary alicyclic amines) is 1. The summed E-state index contributed by atoms with van der Waals surface area (Å²) in [4.78, 5) is 22.1. The molecule has 1 amide bonds. The van der Waals surface area contributed by atoms with Crippen LogP contribution in [-0.2, 0) is 11.3 Å². The molecule has 1 aromatic rings. The first-order chi connectivity index (χ1) is 9.94. The summed E-state index contributed by atoms with van der Waals surface area (Å²) in [7, 11) is 0. The van der Waals surface area contributed by atoms with Gasteiger partial charge in [0.15, 0.2) is 0 Å². The second-order valence-electron chi connectivity index (χ2n) is 6.34. The Hall–Kier alpha value is -1.69. The van der Waals surface area contributed by atoms with Crippen LogP contribution in [0.1, 0.15) is 39.3 Å². The first kappa shape index (κ1) is 15.7. The lowest BCUT2D eigenvalue weighted by Crippen LogP contribution is -2.49. The van der Waals surface area contributed by atoms with Gasteiger partial charge in [-0.3, -0.25) is 9.97 Å². The zero-order valence-corrected chi connectivity index (χ0v) is 13.0. The summed E-state index contributed by atoms with van der Waals surface area (Å²) >= 11 is 0. The molecule has 0 aromatic carbocycles. The van der Waals surface area contributed by atoms with E-state index >= 15 is 0 Å². The summed E-state index contributed by atoms with van der Waals surface area (Å²) in [5.74, 6) is 0. The SMILES string of the molecule is CC(C)(C)OC(=O)N1CCCC(NCc2cnccn2)C1. The quantitative estimate of drug-likeness (QED) is 0.922. The van der Waals surface area contributed by atoms with Crippen molar-refractivity contribution in [1.82, 2.24) is 20.2 Å². The highest BCUT2D eigenvalue weighted by Crippen LogP contribution is 2.15. The van der Waals surface area contributed by atoms with E-state index in [1.165, 1.54) is 0 Å². The maximum atomic E-state index is 12.1. The third-order valence-electron chi connectivity index (χ3n) is 3.26. The molecule has 0 saturated carbocycles. The van der Waals surface area contributed by atoms with E-state index in [9.17, 15) is 4.79 Å². The maximum Gasteiger partial charge on any atom is 0.410 e. The lowest BCUT2D eigenvalue weighted by atomic mass is 10.1. The summed E-state index contributed by atoms with van der Waals surface area (Å²) in [6.45, 7) is 7.77. The van der Waals surface area contributed by atoms with Gasteiger partial charge in [0, 0.05) is 44.3 Å². The molecule has 6 heteroatoms. The molecule has 1 aliphatic heterocycles. The Balaban J connectivity index is 1.82. The van der Waals surface area contributed by atoms with E-state index in [0.717, 1.165) is 25.1 Å². The number of nitrogens with one attached hydrogen (secondary N) is 1. The van der Waals surface area contributed by atoms with Crippen LogP contribution in [-0.4, -0.2) is 45.7 Å². The normalized spacial score (nSPS) is 19.4. The van der Waals surface area contributed by atoms with E-state index in [0.29, 0.717) is 13.1 Å². The molecule has 116 valence electrons. The molecule has 0 aliphatic carbocycles. The average molecular weight is 292 g/mol. The molecule has 0 bridgehead atoms. The summed E-state index contributed by atoms with van der Waals surface area (Å²) in [6.07, 6.45) is 6.91. The molecule has 0 spiro atoms. The van der Waals surface area contributed by atoms with Crippen LogP contribution in [0.25, 0.3) is 0 Å². The monoisotopic (exact) mass is 292 g/mol.